The standard InChI is InChI=1S/C17H20N2O4/c1-4-19(10-13(2)3)16(20)11-23-17(21)12-22-15-7-5-14(9-18)6-8-15/h5-8H,2,4,10-12H2,1,3H3. The fourth-order valence-corrected chi connectivity index (χ4v) is 1.75. The number of hydrogen-bond acceptors (Lipinski definition) is 5. The van der Waals surface area contributed by atoms with Crippen molar-refractivity contribution in [3.8, 4) is 11.8 Å². The highest BCUT2D eigenvalue weighted by Crippen LogP contribution is 2.11. The number of rotatable bonds is 8. The molecule has 0 saturated carbocycles. The summed E-state index contributed by atoms with van der Waals surface area (Å²) in [6, 6.07) is 8.33. The fraction of sp³-hybridized carbons (Fsp3) is 0.353. The minimum atomic E-state index is -0.630. The number of amides is 1. The molecule has 0 N–H and O–H groups in total. The summed E-state index contributed by atoms with van der Waals surface area (Å²) in [5.74, 6) is -0.457. The monoisotopic (exact) mass is 316 g/mol. The molecule has 0 radical (unpaired) electrons. The molecule has 1 amide bonds. The van der Waals surface area contributed by atoms with Gasteiger partial charge in [-0.3, -0.25) is 4.79 Å². The lowest BCUT2D eigenvalue weighted by atomic mass is 10.2. The fourth-order valence-electron chi connectivity index (χ4n) is 1.75. The molecule has 122 valence electrons. The molecule has 0 aliphatic carbocycles. The van der Waals surface area contributed by atoms with Crippen LogP contribution in [0.1, 0.15) is 19.4 Å². The maximum atomic E-state index is 11.9. The molecule has 1 aromatic rings. The molecule has 6 nitrogen and oxygen atoms in total. The SMILES string of the molecule is C=C(C)CN(CC)C(=O)COC(=O)COc1ccc(C#N)cc1. The second-order valence-corrected chi connectivity index (χ2v) is 4.95. The van der Waals surface area contributed by atoms with E-state index in [0.29, 0.717) is 24.4 Å². The Balaban J connectivity index is 2.37. The van der Waals surface area contributed by atoms with Gasteiger partial charge in [-0.15, -0.1) is 0 Å². The summed E-state index contributed by atoms with van der Waals surface area (Å²) >= 11 is 0. The van der Waals surface area contributed by atoms with Gasteiger partial charge in [0, 0.05) is 13.1 Å². The molecular weight excluding hydrogens is 296 g/mol. The predicted molar refractivity (Wildman–Crippen MR) is 84.7 cm³/mol. The molecule has 0 spiro atoms. The van der Waals surface area contributed by atoms with E-state index in [9.17, 15) is 9.59 Å². The molecule has 0 fully saturated rings. The Morgan fingerprint density at radius 3 is 2.43 bits per heavy atom. The van der Waals surface area contributed by atoms with Crippen LogP contribution in [0.2, 0.25) is 0 Å². The van der Waals surface area contributed by atoms with E-state index in [4.69, 9.17) is 14.7 Å². The van der Waals surface area contributed by atoms with Gasteiger partial charge in [0.15, 0.2) is 13.2 Å². The largest absolute Gasteiger partial charge is 0.482 e. The van der Waals surface area contributed by atoms with E-state index in [1.807, 2.05) is 19.9 Å². The Morgan fingerprint density at radius 1 is 1.26 bits per heavy atom. The zero-order valence-corrected chi connectivity index (χ0v) is 13.4. The number of esters is 1. The van der Waals surface area contributed by atoms with Crippen LogP contribution in [0.25, 0.3) is 0 Å². The van der Waals surface area contributed by atoms with Gasteiger partial charge in [0.25, 0.3) is 5.91 Å². The molecule has 1 aromatic carbocycles. The third kappa shape index (κ3) is 6.66. The summed E-state index contributed by atoms with van der Waals surface area (Å²) in [5.41, 5.74) is 1.36. The first-order valence-electron chi connectivity index (χ1n) is 7.17. The van der Waals surface area contributed by atoms with Crippen molar-refractivity contribution in [3.63, 3.8) is 0 Å². The second kappa shape index (κ2) is 9.26. The first-order chi connectivity index (χ1) is 11.0. The third-order valence-corrected chi connectivity index (χ3v) is 2.89. The maximum absolute atomic E-state index is 11.9. The minimum absolute atomic E-state index is 0.276. The molecule has 0 atom stereocenters. The van der Waals surface area contributed by atoms with Gasteiger partial charge in [0.2, 0.25) is 0 Å². The van der Waals surface area contributed by atoms with Gasteiger partial charge in [-0.1, -0.05) is 12.2 Å². The Kier molecular flexibility index (Phi) is 7.34. The molecule has 0 unspecified atom stereocenters. The molecule has 6 heteroatoms. The van der Waals surface area contributed by atoms with Crippen LogP contribution in [-0.4, -0.2) is 43.1 Å². The number of nitriles is 1. The summed E-state index contributed by atoms with van der Waals surface area (Å²) in [7, 11) is 0. The number of ether oxygens (including phenoxy) is 2. The average molecular weight is 316 g/mol. The number of nitrogens with zero attached hydrogens (tertiary/aromatic N) is 2. The molecule has 0 bridgehead atoms. The Bertz CT molecular complexity index is 602. The number of benzene rings is 1. The van der Waals surface area contributed by atoms with Crippen LogP contribution in [0.4, 0.5) is 0 Å². The quantitative estimate of drug-likeness (QED) is 0.540. The van der Waals surface area contributed by atoms with Crippen molar-refractivity contribution in [1.82, 2.24) is 4.90 Å². The van der Waals surface area contributed by atoms with E-state index in [1.54, 1.807) is 29.2 Å². The molecule has 0 aliphatic rings. The van der Waals surface area contributed by atoms with Crippen molar-refractivity contribution in [2.45, 2.75) is 13.8 Å². The molecule has 1 rings (SSSR count). The van der Waals surface area contributed by atoms with Crippen molar-refractivity contribution in [3.05, 3.63) is 42.0 Å². The van der Waals surface area contributed by atoms with E-state index in [-0.39, 0.29) is 19.1 Å². The summed E-state index contributed by atoms with van der Waals surface area (Å²) in [6.45, 7) is 7.76. The van der Waals surface area contributed by atoms with Crippen molar-refractivity contribution in [1.29, 1.82) is 5.26 Å². The number of carbonyl (C=O) groups excluding carboxylic acids is 2. The normalized spacial score (nSPS) is 9.61. The van der Waals surface area contributed by atoms with Crippen molar-refractivity contribution in [2.75, 3.05) is 26.3 Å². The highest BCUT2D eigenvalue weighted by Gasteiger charge is 2.14. The Hall–Kier alpha value is -2.81. The topological polar surface area (TPSA) is 79.6 Å². The van der Waals surface area contributed by atoms with E-state index in [1.165, 1.54) is 0 Å². The second-order valence-electron chi connectivity index (χ2n) is 4.95. The molecule has 23 heavy (non-hydrogen) atoms. The minimum Gasteiger partial charge on any atom is -0.482 e. The summed E-state index contributed by atoms with van der Waals surface area (Å²) in [6.07, 6.45) is 0. The summed E-state index contributed by atoms with van der Waals surface area (Å²) in [5, 5.41) is 8.68. The number of hydrogen-bond donors (Lipinski definition) is 0. The van der Waals surface area contributed by atoms with Crippen LogP contribution in [0, 0.1) is 11.3 Å². The van der Waals surface area contributed by atoms with Crippen LogP contribution in [0.5, 0.6) is 5.75 Å². The highest BCUT2D eigenvalue weighted by molar-refractivity contribution is 5.81. The highest BCUT2D eigenvalue weighted by atomic mass is 16.6. The Labute approximate surface area is 135 Å². The van der Waals surface area contributed by atoms with Gasteiger partial charge < -0.3 is 14.4 Å². The molecule has 0 saturated heterocycles. The Morgan fingerprint density at radius 2 is 1.91 bits per heavy atom. The predicted octanol–water partition coefficient (Wildman–Crippen LogP) is 1.90. The molecular formula is C17H20N2O4. The average Bonchev–Trinajstić information content (AvgIpc) is 2.55. The van der Waals surface area contributed by atoms with Gasteiger partial charge in [0.05, 0.1) is 11.6 Å². The maximum Gasteiger partial charge on any atom is 0.344 e. The van der Waals surface area contributed by atoms with E-state index >= 15 is 0 Å². The number of likely N-dealkylation sites (N-methyl/N-ethyl adjacent to an activating group) is 1. The van der Waals surface area contributed by atoms with Crippen LogP contribution in [-0.2, 0) is 14.3 Å². The lowest BCUT2D eigenvalue weighted by Gasteiger charge is -2.20. The van der Waals surface area contributed by atoms with Gasteiger partial charge in [-0.2, -0.15) is 5.26 Å². The third-order valence-electron chi connectivity index (χ3n) is 2.89. The van der Waals surface area contributed by atoms with Crippen molar-refractivity contribution < 1.29 is 19.1 Å². The molecule has 0 aromatic heterocycles. The lowest BCUT2D eigenvalue weighted by Crippen LogP contribution is -2.36. The van der Waals surface area contributed by atoms with Gasteiger partial charge in [-0.05, 0) is 38.1 Å². The zero-order chi connectivity index (χ0) is 17.2. The van der Waals surface area contributed by atoms with Gasteiger partial charge in [-0.25, -0.2) is 4.79 Å². The van der Waals surface area contributed by atoms with Gasteiger partial charge >= 0.3 is 5.97 Å². The number of carbonyl (C=O) groups is 2. The van der Waals surface area contributed by atoms with Crippen molar-refractivity contribution in [2.24, 2.45) is 0 Å². The summed E-state index contributed by atoms with van der Waals surface area (Å²) < 4.78 is 10.1. The summed E-state index contributed by atoms with van der Waals surface area (Å²) in [4.78, 5) is 25.0. The van der Waals surface area contributed by atoms with E-state index in [0.717, 1.165) is 5.57 Å². The van der Waals surface area contributed by atoms with Crippen LogP contribution >= 0.6 is 0 Å². The molecule has 0 aliphatic heterocycles. The lowest BCUT2D eigenvalue weighted by molar-refractivity contribution is -0.153. The van der Waals surface area contributed by atoms with Crippen LogP contribution < -0.4 is 4.74 Å². The van der Waals surface area contributed by atoms with Crippen molar-refractivity contribution >= 4 is 11.9 Å². The van der Waals surface area contributed by atoms with E-state index in [2.05, 4.69) is 6.58 Å². The van der Waals surface area contributed by atoms with Gasteiger partial charge in [0.1, 0.15) is 5.75 Å². The smallest absolute Gasteiger partial charge is 0.344 e. The van der Waals surface area contributed by atoms with Crippen LogP contribution in [0.15, 0.2) is 36.4 Å². The van der Waals surface area contributed by atoms with Crippen LogP contribution in [0.3, 0.4) is 0 Å². The zero-order valence-electron chi connectivity index (χ0n) is 13.4. The first kappa shape index (κ1) is 18.2. The van der Waals surface area contributed by atoms with E-state index < -0.39 is 5.97 Å². The first-order valence-corrected chi connectivity index (χ1v) is 7.17. The molecule has 0 heterocycles.